The highest BCUT2D eigenvalue weighted by atomic mass is 32.1. The fourth-order valence-corrected chi connectivity index (χ4v) is 3.41. The van der Waals surface area contributed by atoms with Gasteiger partial charge in [0.2, 0.25) is 0 Å². The summed E-state index contributed by atoms with van der Waals surface area (Å²) in [5.41, 5.74) is 1.44. The standard InChI is InChI=1S/C17H17N5OS/c1-12(17(2,23)9-22-11-19-10-20-22)16-21-15(8-24-16)14-5-3-13(7-18)4-6-14/h3-6,8,10-12,23H,9H2,1-2H3/t12-,17+/m0/s1. The van der Waals surface area contributed by atoms with Crippen LogP contribution >= 0.6 is 11.3 Å². The minimum absolute atomic E-state index is 0.154. The van der Waals surface area contributed by atoms with Crippen molar-refractivity contribution in [2.75, 3.05) is 0 Å². The molecule has 0 aliphatic carbocycles. The van der Waals surface area contributed by atoms with E-state index in [0.29, 0.717) is 12.1 Å². The Bertz CT molecular complexity index is 846. The van der Waals surface area contributed by atoms with Crippen LogP contribution in [-0.2, 0) is 6.54 Å². The highest BCUT2D eigenvalue weighted by Crippen LogP contribution is 2.33. The Morgan fingerprint density at radius 2 is 2.12 bits per heavy atom. The van der Waals surface area contributed by atoms with Crippen molar-refractivity contribution in [2.45, 2.75) is 31.9 Å². The minimum atomic E-state index is -0.993. The molecular formula is C17H17N5OS. The maximum atomic E-state index is 10.8. The van der Waals surface area contributed by atoms with E-state index in [1.165, 1.54) is 17.7 Å². The fraction of sp³-hybridized carbons (Fsp3) is 0.294. The van der Waals surface area contributed by atoms with Crippen LogP contribution in [0.4, 0.5) is 0 Å². The molecule has 2 heterocycles. The molecular weight excluding hydrogens is 322 g/mol. The molecule has 0 fully saturated rings. The second-order valence-electron chi connectivity index (χ2n) is 5.93. The Morgan fingerprint density at radius 3 is 2.75 bits per heavy atom. The van der Waals surface area contributed by atoms with Crippen molar-refractivity contribution < 1.29 is 5.11 Å². The van der Waals surface area contributed by atoms with Crippen LogP contribution in [0.2, 0.25) is 0 Å². The maximum absolute atomic E-state index is 10.8. The van der Waals surface area contributed by atoms with Gasteiger partial charge in [-0.15, -0.1) is 11.3 Å². The average Bonchev–Trinajstić information content (AvgIpc) is 3.25. The van der Waals surface area contributed by atoms with Crippen LogP contribution in [0.5, 0.6) is 0 Å². The highest BCUT2D eigenvalue weighted by molar-refractivity contribution is 7.10. The summed E-state index contributed by atoms with van der Waals surface area (Å²) in [5.74, 6) is -0.154. The Labute approximate surface area is 144 Å². The summed E-state index contributed by atoms with van der Waals surface area (Å²) in [7, 11) is 0. The molecule has 3 aromatic rings. The van der Waals surface area contributed by atoms with Gasteiger partial charge in [0.25, 0.3) is 0 Å². The van der Waals surface area contributed by atoms with Gasteiger partial charge in [-0.3, -0.25) is 4.68 Å². The number of nitrogens with zero attached hydrogens (tertiary/aromatic N) is 5. The van der Waals surface area contributed by atoms with Crippen LogP contribution in [-0.4, -0.2) is 30.5 Å². The van der Waals surface area contributed by atoms with Crippen molar-refractivity contribution in [3.05, 3.63) is 52.9 Å². The molecule has 0 aliphatic heterocycles. The first kappa shape index (κ1) is 16.3. The number of rotatable bonds is 5. The van der Waals surface area contributed by atoms with Crippen LogP contribution in [0, 0.1) is 11.3 Å². The third kappa shape index (κ3) is 3.35. The van der Waals surface area contributed by atoms with E-state index < -0.39 is 5.60 Å². The van der Waals surface area contributed by atoms with Crippen LogP contribution in [0.3, 0.4) is 0 Å². The van der Waals surface area contributed by atoms with Gasteiger partial charge in [-0.1, -0.05) is 19.1 Å². The predicted octanol–water partition coefficient (Wildman–Crippen LogP) is 2.83. The van der Waals surface area contributed by atoms with Crippen molar-refractivity contribution in [3.63, 3.8) is 0 Å². The number of aliphatic hydroxyl groups is 1. The highest BCUT2D eigenvalue weighted by Gasteiger charge is 2.32. The van der Waals surface area contributed by atoms with E-state index >= 15 is 0 Å². The van der Waals surface area contributed by atoms with Crippen LogP contribution < -0.4 is 0 Å². The van der Waals surface area contributed by atoms with E-state index in [9.17, 15) is 5.11 Å². The molecule has 6 nitrogen and oxygen atoms in total. The third-order valence-electron chi connectivity index (χ3n) is 4.08. The largest absolute Gasteiger partial charge is 0.388 e. The molecule has 24 heavy (non-hydrogen) atoms. The molecule has 0 amide bonds. The summed E-state index contributed by atoms with van der Waals surface area (Å²) in [5, 5.41) is 26.5. The number of hydrogen-bond donors (Lipinski definition) is 1. The first-order valence-corrected chi connectivity index (χ1v) is 8.38. The maximum Gasteiger partial charge on any atom is 0.137 e. The van der Waals surface area contributed by atoms with Crippen molar-refractivity contribution in [1.29, 1.82) is 5.26 Å². The quantitative estimate of drug-likeness (QED) is 0.772. The summed E-state index contributed by atoms with van der Waals surface area (Å²) < 4.78 is 1.62. The zero-order chi connectivity index (χ0) is 17.2. The number of hydrogen-bond acceptors (Lipinski definition) is 6. The summed E-state index contributed by atoms with van der Waals surface area (Å²) in [6.07, 6.45) is 3.04. The summed E-state index contributed by atoms with van der Waals surface area (Å²) in [6, 6.07) is 9.43. The zero-order valence-electron chi connectivity index (χ0n) is 13.4. The first-order valence-electron chi connectivity index (χ1n) is 7.50. The lowest BCUT2D eigenvalue weighted by atomic mass is 9.91. The second-order valence-corrected chi connectivity index (χ2v) is 6.82. The summed E-state index contributed by atoms with van der Waals surface area (Å²) >= 11 is 1.52. The molecule has 0 saturated heterocycles. The molecule has 0 unspecified atom stereocenters. The van der Waals surface area contributed by atoms with E-state index in [1.54, 1.807) is 30.1 Å². The molecule has 3 rings (SSSR count). The van der Waals surface area contributed by atoms with Gasteiger partial charge >= 0.3 is 0 Å². The van der Waals surface area contributed by atoms with Gasteiger partial charge in [-0.2, -0.15) is 10.4 Å². The van der Waals surface area contributed by atoms with Crippen molar-refractivity contribution in [2.24, 2.45) is 0 Å². The van der Waals surface area contributed by atoms with E-state index in [-0.39, 0.29) is 5.92 Å². The lowest BCUT2D eigenvalue weighted by molar-refractivity contribution is 0.0155. The van der Waals surface area contributed by atoms with Crippen LogP contribution in [0.1, 0.15) is 30.3 Å². The molecule has 122 valence electrons. The average molecular weight is 339 g/mol. The van der Waals surface area contributed by atoms with Gasteiger partial charge in [0.1, 0.15) is 12.7 Å². The fourth-order valence-electron chi connectivity index (χ4n) is 2.38. The molecule has 0 saturated carbocycles. The summed E-state index contributed by atoms with van der Waals surface area (Å²) in [4.78, 5) is 8.56. The van der Waals surface area contributed by atoms with Gasteiger partial charge in [0, 0.05) is 16.9 Å². The Hall–Kier alpha value is -2.56. The molecule has 0 spiro atoms. The molecule has 7 heteroatoms. The van der Waals surface area contributed by atoms with Crippen molar-refractivity contribution in [1.82, 2.24) is 19.7 Å². The monoisotopic (exact) mass is 339 g/mol. The predicted molar refractivity (Wildman–Crippen MR) is 91.3 cm³/mol. The van der Waals surface area contributed by atoms with Crippen LogP contribution in [0.15, 0.2) is 42.3 Å². The first-order chi connectivity index (χ1) is 11.5. The number of nitriles is 1. The number of thiazole rings is 1. The van der Waals surface area contributed by atoms with Gasteiger partial charge in [0.05, 0.1) is 34.5 Å². The molecule has 0 radical (unpaired) electrons. The summed E-state index contributed by atoms with van der Waals surface area (Å²) in [6.45, 7) is 4.08. The molecule has 0 aliphatic rings. The number of aromatic nitrogens is 4. The zero-order valence-corrected chi connectivity index (χ0v) is 14.2. The normalized spacial score (nSPS) is 14.8. The van der Waals surface area contributed by atoms with E-state index in [0.717, 1.165) is 16.3 Å². The van der Waals surface area contributed by atoms with E-state index in [4.69, 9.17) is 5.26 Å². The van der Waals surface area contributed by atoms with E-state index in [2.05, 4.69) is 21.1 Å². The Balaban J connectivity index is 1.79. The van der Waals surface area contributed by atoms with Gasteiger partial charge in [-0.25, -0.2) is 9.97 Å². The third-order valence-corrected chi connectivity index (χ3v) is 5.11. The van der Waals surface area contributed by atoms with Gasteiger partial charge in [-0.05, 0) is 19.1 Å². The molecule has 1 aromatic carbocycles. The topological polar surface area (TPSA) is 87.6 Å². The SMILES string of the molecule is C[C@@H](c1nc(-c2ccc(C#N)cc2)cs1)[C@](C)(O)Cn1cncn1. The Kier molecular flexibility index (Phi) is 4.42. The smallest absolute Gasteiger partial charge is 0.137 e. The van der Waals surface area contributed by atoms with Crippen molar-refractivity contribution in [3.8, 4) is 17.3 Å². The molecule has 2 atom stereocenters. The van der Waals surface area contributed by atoms with Gasteiger partial charge < -0.3 is 5.11 Å². The molecule has 1 N–H and O–H groups in total. The molecule has 0 bridgehead atoms. The lowest BCUT2D eigenvalue weighted by Gasteiger charge is -2.28. The minimum Gasteiger partial charge on any atom is -0.388 e. The number of benzene rings is 1. The van der Waals surface area contributed by atoms with Gasteiger partial charge in [0.15, 0.2) is 0 Å². The second kappa shape index (κ2) is 6.51. The van der Waals surface area contributed by atoms with Crippen molar-refractivity contribution >= 4 is 11.3 Å². The lowest BCUT2D eigenvalue weighted by Crippen LogP contribution is -2.36. The van der Waals surface area contributed by atoms with Crippen LogP contribution in [0.25, 0.3) is 11.3 Å². The Morgan fingerprint density at radius 1 is 1.38 bits per heavy atom. The molecule has 2 aromatic heterocycles. The van der Waals surface area contributed by atoms with E-state index in [1.807, 2.05) is 24.4 Å².